The van der Waals surface area contributed by atoms with Crippen LogP contribution in [0.3, 0.4) is 0 Å². The summed E-state index contributed by atoms with van der Waals surface area (Å²) in [5.74, 6) is 0.370. The van der Waals surface area contributed by atoms with Gasteiger partial charge in [-0.15, -0.1) is 0 Å². The minimum Gasteiger partial charge on any atom is -0.489 e. The lowest BCUT2D eigenvalue weighted by atomic mass is 10.1. The maximum Gasteiger partial charge on any atom is 0.342 e. The summed E-state index contributed by atoms with van der Waals surface area (Å²) in [5.41, 5.74) is 2.72. The lowest BCUT2D eigenvalue weighted by molar-refractivity contribution is -0.120. The van der Waals surface area contributed by atoms with Crippen LogP contribution in [-0.2, 0) is 11.2 Å². The summed E-state index contributed by atoms with van der Waals surface area (Å²) in [6.45, 7) is 0.0596. The van der Waals surface area contributed by atoms with Gasteiger partial charge in [0.15, 0.2) is 0 Å². The molecule has 1 aromatic heterocycles. The van der Waals surface area contributed by atoms with Crippen molar-refractivity contribution < 1.29 is 14.3 Å². The third kappa shape index (κ3) is 3.59. The predicted molar refractivity (Wildman–Crippen MR) is 105 cm³/mol. The average Bonchev–Trinajstić information content (AvgIpc) is 3.15. The van der Waals surface area contributed by atoms with Gasteiger partial charge in [-0.2, -0.15) is 9.78 Å². The highest BCUT2D eigenvalue weighted by molar-refractivity contribution is 6.00. The van der Waals surface area contributed by atoms with E-state index >= 15 is 0 Å². The zero-order valence-electron chi connectivity index (χ0n) is 15.4. The average molecular weight is 376 g/mol. The fourth-order valence-corrected chi connectivity index (χ4v) is 3.17. The molecule has 28 heavy (non-hydrogen) atoms. The first kappa shape index (κ1) is 17.8. The van der Waals surface area contributed by atoms with Crippen LogP contribution in [-0.4, -0.2) is 41.4 Å². The second-order valence-electron chi connectivity index (χ2n) is 6.63. The fourth-order valence-electron chi connectivity index (χ4n) is 3.17. The first-order valence-corrected chi connectivity index (χ1v) is 8.99. The van der Waals surface area contributed by atoms with E-state index in [4.69, 9.17) is 4.74 Å². The first-order chi connectivity index (χ1) is 13.6. The Morgan fingerprint density at radius 2 is 1.89 bits per heavy atom. The van der Waals surface area contributed by atoms with Crippen molar-refractivity contribution in [2.24, 2.45) is 0 Å². The third-order valence-electron chi connectivity index (χ3n) is 4.65. The van der Waals surface area contributed by atoms with Crippen LogP contribution in [0.25, 0.3) is 0 Å². The van der Waals surface area contributed by atoms with Gasteiger partial charge in [-0.1, -0.05) is 42.5 Å². The van der Waals surface area contributed by atoms with Crippen molar-refractivity contribution in [1.29, 1.82) is 0 Å². The molecule has 1 N–H and O–H groups in total. The van der Waals surface area contributed by atoms with E-state index in [1.807, 2.05) is 42.5 Å². The molecule has 0 fully saturated rings. The van der Waals surface area contributed by atoms with Crippen molar-refractivity contribution >= 4 is 17.6 Å². The summed E-state index contributed by atoms with van der Waals surface area (Å²) in [6, 6.07) is 16.0. The number of hydrogen-bond donors (Lipinski definition) is 1. The molecule has 7 nitrogen and oxygen atoms in total. The van der Waals surface area contributed by atoms with Crippen LogP contribution in [0.2, 0.25) is 0 Å². The molecule has 2 aromatic carbocycles. The molecule has 0 unspecified atom stereocenters. The predicted octanol–water partition coefficient (Wildman–Crippen LogP) is 2.46. The molecule has 3 aromatic rings. The number of para-hydroxylation sites is 2. The number of nitrogens with one attached hydrogen (secondary N) is 1. The van der Waals surface area contributed by atoms with Gasteiger partial charge in [-0.05, 0) is 23.3 Å². The number of likely N-dealkylation sites (N-methyl/N-ethyl adjacent to an activating group) is 1. The number of amides is 2. The Morgan fingerprint density at radius 1 is 1.14 bits per heavy atom. The number of rotatable bonds is 3. The molecule has 0 bridgehead atoms. The SMILES string of the molecule is CN1C(=O)[C@@H](NC(=O)n2cc(Cc3ccccc3)cn2)COc2ccccc21. The smallest absolute Gasteiger partial charge is 0.342 e. The van der Waals surface area contributed by atoms with Crippen LogP contribution in [0, 0.1) is 0 Å². The molecule has 142 valence electrons. The molecule has 2 heterocycles. The van der Waals surface area contributed by atoms with Gasteiger partial charge in [0.25, 0.3) is 5.91 Å². The van der Waals surface area contributed by atoms with Crippen molar-refractivity contribution in [2.75, 3.05) is 18.6 Å². The topological polar surface area (TPSA) is 76.5 Å². The molecule has 2 amide bonds. The number of hydrogen-bond acceptors (Lipinski definition) is 4. The number of carbonyl (C=O) groups excluding carboxylic acids is 2. The Morgan fingerprint density at radius 3 is 2.71 bits per heavy atom. The number of fused-ring (bicyclic) bond motifs is 1. The maximum atomic E-state index is 12.7. The van der Waals surface area contributed by atoms with E-state index in [-0.39, 0.29) is 12.5 Å². The Labute approximate surface area is 162 Å². The van der Waals surface area contributed by atoms with Crippen molar-refractivity contribution in [3.8, 4) is 5.75 Å². The molecule has 1 aliphatic rings. The lowest BCUT2D eigenvalue weighted by Crippen LogP contribution is -2.50. The first-order valence-electron chi connectivity index (χ1n) is 8.99. The van der Waals surface area contributed by atoms with Gasteiger partial charge >= 0.3 is 6.03 Å². The zero-order chi connectivity index (χ0) is 19.5. The van der Waals surface area contributed by atoms with Gasteiger partial charge in [0.2, 0.25) is 0 Å². The molecule has 4 rings (SSSR count). The summed E-state index contributed by atoms with van der Waals surface area (Å²) >= 11 is 0. The quantitative estimate of drug-likeness (QED) is 0.762. The second-order valence-corrected chi connectivity index (χ2v) is 6.63. The normalized spacial score (nSPS) is 16.1. The third-order valence-corrected chi connectivity index (χ3v) is 4.65. The second kappa shape index (κ2) is 7.56. The molecule has 0 aliphatic carbocycles. The standard InChI is InChI=1S/C21H20N4O3/c1-24-18-9-5-6-10-19(18)28-14-17(20(24)26)23-21(27)25-13-16(12-22-25)11-15-7-3-2-4-8-15/h2-10,12-13,17H,11,14H2,1H3,(H,23,27)/t17-/m0/s1. The number of ether oxygens (including phenoxy) is 1. The molecule has 1 atom stereocenters. The van der Waals surface area contributed by atoms with Crippen LogP contribution in [0.15, 0.2) is 67.0 Å². The fraction of sp³-hybridized carbons (Fsp3) is 0.190. The van der Waals surface area contributed by atoms with E-state index in [1.165, 1.54) is 9.58 Å². The molecule has 1 aliphatic heterocycles. The van der Waals surface area contributed by atoms with Crippen LogP contribution < -0.4 is 15.0 Å². The zero-order valence-corrected chi connectivity index (χ0v) is 15.4. The maximum absolute atomic E-state index is 12.7. The Balaban J connectivity index is 1.45. The van der Waals surface area contributed by atoms with Crippen LogP contribution >= 0.6 is 0 Å². The van der Waals surface area contributed by atoms with Gasteiger partial charge in [-0.25, -0.2) is 4.79 Å². The molecular formula is C21H20N4O3. The lowest BCUT2D eigenvalue weighted by Gasteiger charge is -2.20. The number of nitrogens with zero attached hydrogens (tertiary/aromatic N) is 3. The molecule has 7 heteroatoms. The van der Waals surface area contributed by atoms with E-state index in [0.717, 1.165) is 11.1 Å². The van der Waals surface area contributed by atoms with E-state index in [0.29, 0.717) is 17.9 Å². The van der Waals surface area contributed by atoms with Gasteiger partial charge in [0.05, 0.1) is 11.9 Å². The van der Waals surface area contributed by atoms with Gasteiger partial charge in [0, 0.05) is 19.7 Å². The van der Waals surface area contributed by atoms with Crippen molar-refractivity contribution in [3.05, 3.63) is 78.1 Å². The summed E-state index contributed by atoms with van der Waals surface area (Å²) in [6.07, 6.45) is 4.00. The monoisotopic (exact) mass is 376 g/mol. The van der Waals surface area contributed by atoms with Crippen LogP contribution in [0.5, 0.6) is 5.75 Å². The summed E-state index contributed by atoms with van der Waals surface area (Å²) in [7, 11) is 1.67. The van der Waals surface area contributed by atoms with Gasteiger partial charge in [-0.3, -0.25) is 4.79 Å². The van der Waals surface area contributed by atoms with E-state index in [2.05, 4.69) is 10.4 Å². The summed E-state index contributed by atoms with van der Waals surface area (Å²) < 4.78 is 6.93. The number of carbonyl (C=O) groups is 2. The van der Waals surface area contributed by atoms with Crippen molar-refractivity contribution in [2.45, 2.75) is 12.5 Å². The number of anilines is 1. The Hall–Kier alpha value is -3.61. The highest BCUT2D eigenvalue weighted by atomic mass is 16.5. The highest BCUT2D eigenvalue weighted by Gasteiger charge is 2.30. The van der Waals surface area contributed by atoms with E-state index < -0.39 is 12.1 Å². The van der Waals surface area contributed by atoms with Gasteiger partial charge in [0.1, 0.15) is 18.4 Å². The van der Waals surface area contributed by atoms with E-state index in [1.54, 1.807) is 31.6 Å². The Bertz CT molecular complexity index is 1000. The van der Waals surface area contributed by atoms with Crippen molar-refractivity contribution in [3.63, 3.8) is 0 Å². The molecule has 0 saturated heterocycles. The van der Waals surface area contributed by atoms with Crippen molar-refractivity contribution in [1.82, 2.24) is 15.1 Å². The van der Waals surface area contributed by atoms with Crippen LogP contribution in [0.4, 0.5) is 10.5 Å². The number of aromatic nitrogens is 2. The molecule has 0 radical (unpaired) electrons. The number of benzene rings is 2. The summed E-state index contributed by atoms with van der Waals surface area (Å²) in [4.78, 5) is 26.8. The van der Waals surface area contributed by atoms with Gasteiger partial charge < -0.3 is 15.0 Å². The van der Waals surface area contributed by atoms with Crippen LogP contribution in [0.1, 0.15) is 11.1 Å². The van der Waals surface area contributed by atoms with E-state index in [9.17, 15) is 9.59 Å². The largest absolute Gasteiger partial charge is 0.489 e. The molecular weight excluding hydrogens is 356 g/mol. The molecule has 0 saturated carbocycles. The highest BCUT2D eigenvalue weighted by Crippen LogP contribution is 2.29. The molecule has 0 spiro atoms. The minimum atomic E-state index is -0.799. The minimum absolute atomic E-state index is 0.0596. The summed E-state index contributed by atoms with van der Waals surface area (Å²) in [5, 5.41) is 6.84. The Kier molecular flexibility index (Phi) is 4.80.